The number of rotatable bonds is 8. The van der Waals surface area contributed by atoms with Gasteiger partial charge in [0.15, 0.2) is 11.5 Å². The third kappa shape index (κ3) is 5.33. The van der Waals surface area contributed by atoms with Crippen molar-refractivity contribution in [3.8, 4) is 11.5 Å². The lowest BCUT2D eigenvalue weighted by atomic mass is 9.88. The van der Waals surface area contributed by atoms with E-state index in [-0.39, 0.29) is 23.6 Å². The maximum atomic E-state index is 14.9. The second-order valence-electron chi connectivity index (χ2n) is 12.0. The molecule has 7 rings (SSSR count). The number of benzene rings is 3. The topological polar surface area (TPSA) is 115 Å². The molecule has 12 heteroatoms. The minimum Gasteiger partial charge on any atom is -0.478 e. The van der Waals surface area contributed by atoms with E-state index in [4.69, 9.17) is 26.1 Å². The zero-order valence-corrected chi connectivity index (χ0v) is 26.2. The number of carboxylic acids is 1. The normalized spacial score (nSPS) is 18.4. The Hall–Kier alpha value is -4.61. The summed E-state index contributed by atoms with van der Waals surface area (Å²) >= 11 is 5.98. The van der Waals surface area contributed by atoms with Gasteiger partial charge in [-0.05, 0) is 74.3 Å². The molecule has 2 aliphatic heterocycles. The number of hydrogen-bond donors (Lipinski definition) is 2. The van der Waals surface area contributed by atoms with E-state index in [1.165, 1.54) is 6.07 Å². The average molecular weight is 646 g/mol. The van der Waals surface area contributed by atoms with Crippen LogP contribution in [-0.2, 0) is 25.3 Å². The molecule has 0 bridgehead atoms. The van der Waals surface area contributed by atoms with Crippen molar-refractivity contribution in [3.63, 3.8) is 0 Å². The third-order valence-electron chi connectivity index (χ3n) is 9.01. The molecule has 0 aliphatic carbocycles. The summed E-state index contributed by atoms with van der Waals surface area (Å²) in [6.45, 7) is 6.05. The Balaban J connectivity index is 1.11. The van der Waals surface area contributed by atoms with Gasteiger partial charge in [-0.15, -0.1) is 0 Å². The first-order valence-electron chi connectivity index (χ1n) is 15.3. The van der Waals surface area contributed by atoms with Crippen LogP contribution in [0.3, 0.4) is 0 Å². The number of likely N-dealkylation sites (tertiary alicyclic amines) is 1. The van der Waals surface area contributed by atoms with E-state index in [9.17, 15) is 19.5 Å². The number of ether oxygens (including phenoxy) is 2. The number of halogens is 2. The highest BCUT2D eigenvalue weighted by Crippen LogP contribution is 2.50. The number of para-hydroxylation sites is 1. The molecule has 2 aromatic heterocycles. The van der Waals surface area contributed by atoms with Crippen molar-refractivity contribution in [2.45, 2.75) is 57.9 Å². The molecule has 46 heavy (non-hydrogen) atoms. The van der Waals surface area contributed by atoms with Crippen LogP contribution in [0.4, 0.5) is 4.39 Å². The van der Waals surface area contributed by atoms with Crippen LogP contribution in [0, 0.1) is 5.82 Å². The molecule has 3 aromatic carbocycles. The van der Waals surface area contributed by atoms with Gasteiger partial charge in [-0.25, -0.2) is 19.2 Å². The van der Waals surface area contributed by atoms with Crippen LogP contribution in [-0.4, -0.2) is 53.5 Å². The van der Waals surface area contributed by atoms with Crippen molar-refractivity contribution >= 4 is 28.6 Å². The summed E-state index contributed by atoms with van der Waals surface area (Å²) in [6, 6.07) is 15.2. The summed E-state index contributed by atoms with van der Waals surface area (Å²) in [5, 5.41) is 20.6. The number of piperidine rings is 1. The van der Waals surface area contributed by atoms with Crippen LogP contribution < -0.4 is 9.47 Å². The largest absolute Gasteiger partial charge is 0.478 e. The average Bonchev–Trinajstić information content (AvgIpc) is 3.69. The molecular formula is C34H33ClFN5O5. The van der Waals surface area contributed by atoms with E-state index >= 15 is 0 Å². The summed E-state index contributed by atoms with van der Waals surface area (Å²) in [5.41, 5.74) is 3.44. The van der Waals surface area contributed by atoms with Gasteiger partial charge >= 0.3 is 5.97 Å². The van der Waals surface area contributed by atoms with Gasteiger partial charge < -0.3 is 24.4 Å². The van der Waals surface area contributed by atoms with Crippen molar-refractivity contribution in [1.82, 2.24) is 24.2 Å². The lowest BCUT2D eigenvalue weighted by molar-refractivity contribution is -0.0712. The lowest BCUT2D eigenvalue weighted by Gasteiger charge is -2.32. The van der Waals surface area contributed by atoms with Crippen LogP contribution in [0.5, 0.6) is 11.5 Å². The molecule has 0 saturated carbocycles. The van der Waals surface area contributed by atoms with Crippen molar-refractivity contribution in [2.24, 2.45) is 0 Å². The smallest absolute Gasteiger partial charge is 0.335 e. The molecule has 0 radical (unpaired) electrons. The van der Waals surface area contributed by atoms with Gasteiger partial charge in [0.1, 0.15) is 17.5 Å². The van der Waals surface area contributed by atoms with E-state index in [0.717, 1.165) is 42.0 Å². The minimum atomic E-state index is -1.31. The maximum Gasteiger partial charge on any atom is 0.335 e. The molecule has 2 aliphatic rings. The molecule has 5 aromatic rings. The first kappa shape index (κ1) is 30.1. The molecule has 4 heterocycles. The standard InChI is InChI=1S/C34H33ClFN5O5/c1-3-30-37-17-23(41(30)44)18-40-28-15-21(33(42)43)7-10-27(28)38-31(40)19-39-13-11-20(12-14-39)24-5-4-6-29-32(24)46-34(2,45-29)25-9-8-22(35)16-26(25)36/h4-10,15-17,20,44H,3,11-14,18-19H2,1-2H3,(H,42,43)/t34-/m0/s1. The molecule has 1 fully saturated rings. The van der Waals surface area contributed by atoms with Crippen molar-refractivity contribution in [1.29, 1.82) is 0 Å². The number of aromatic nitrogens is 4. The van der Waals surface area contributed by atoms with Gasteiger partial charge in [0.25, 0.3) is 5.79 Å². The van der Waals surface area contributed by atoms with Gasteiger partial charge in [-0.2, -0.15) is 4.73 Å². The van der Waals surface area contributed by atoms with E-state index in [1.807, 2.05) is 23.6 Å². The summed E-state index contributed by atoms with van der Waals surface area (Å²) in [7, 11) is 0. The predicted octanol–water partition coefficient (Wildman–Crippen LogP) is 6.60. The monoisotopic (exact) mass is 645 g/mol. The van der Waals surface area contributed by atoms with Crippen molar-refractivity contribution < 1.29 is 29.0 Å². The fourth-order valence-electron chi connectivity index (χ4n) is 6.58. The molecule has 1 atom stereocenters. The molecule has 1 saturated heterocycles. The Bertz CT molecular complexity index is 1970. The van der Waals surface area contributed by atoms with Gasteiger partial charge in [-0.1, -0.05) is 30.7 Å². The summed E-state index contributed by atoms with van der Waals surface area (Å²) in [4.78, 5) is 23.3. The van der Waals surface area contributed by atoms with Crippen LogP contribution in [0.15, 0.2) is 60.8 Å². The molecule has 0 amide bonds. The van der Waals surface area contributed by atoms with Crippen LogP contribution in [0.1, 0.15) is 71.4 Å². The number of aromatic carboxylic acids is 1. The zero-order chi connectivity index (χ0) is 32.2. The van der Waals surface area contributed by atoms with E-state index < -0.39 is 17.6 Å². The van der Waals surface area contributed by atoms with Crippen molar-refractivity contribution in [3.05, 3.63) is 106 Å². The number of carbonyl (C=O) groups is 1. The fourth-order valence-corrected chi connectivity index (χ4v) is 6.74. The quantitative estimate of drug-likeness (QED) is 0.182. The second-order valence-corrected chi connectivity index (χ2v) is 12.4. The minimum absolute atomic E-state index is 0.171. The van der Waals surface area contributed by atoms with Gasteiger partial charge in [0.2, 0.25) is 0 Å². The van der Waals surface area contributed by atoms with E-state index in [0.29, 0.717) is 52.0 Å². The SMILES string of the molecule is CCc1ncc(Cn2c(CN3CCC(c4cccc5c4O[C@@](C)(c4ccc(Cl)cc4F)O5)CC3)nc3ccc(C(=O)O)cc32)n1O. The second kappa shape index (κ2) is 11.6. The van der Waals surface area contributed by atoms with Crippen LogP contribution in [0.2, 0.25) is 5.02 Å². The van der Waals surface area contributed by atoms with Gasteiger partial charge in [-0.3, -0.25) is 4.90 Å². The van der Waals surface area contributed by atoms with E-state index in [2.05, 4.69) is 16.0 Å². The molecule has 10 nitrogen and oxygen atoms in total. The molecule has 2 N–H and O–H groups in total. The van der Waals surface area contributed by atoms with Crippen LogP contribution >= 0.6 is 11.6 Å². The van der Waals surface area contributed by atoms with Crippen molar-refractivity contribution in [2.75, 3.05) is 13.1 Å². The highest BCUT2D eigenvalue weighted by Gasteiger charge is 2.43. The number of nitrogens with zero attached hydrogens (tertiary/aromatic N) is 5. The Morgan fingerprint density at radius 3 is 2.61 bits per heavy atom. The zero-order valence-electron chi connectivity index (χ0n) is 25.4. The number of imidazole rings is 2. The maximum absolute atomic E-state index is 14.9. The Morgan fingerprint density at radius 1 is 1.09 bits per heavy atom. The third-order valence-corrected chi connectivity index (χ3v) is 9.25. The molecule has 0 unspecified atom stereocenters. The van der Waals surface area contributed by atoms with Crippen LogP contribution in [0.25, 0.3) is 11.0 Å². The highest BCUT2D eigenvalue weighted by molar-refractivity contribution is 6.30. The Morgan fingerprint density at radius 2 is 1.89 bits per heavy atom. The number of fused-ring (bicyclic) bond motifs is 2. The first-order valence-corrected chi connectivity index (χ1v) is 15.7. The van der Waals surface area contributed by atoms with E-state index in [1.54, 1.807) is 43.5 Å². The Labute approximate surface area is 269 Å². The Kier molecular flexibility index (Phi) is 7.60. The fraction of sp³-hybridized carbons (Fsp3) is 0.324. The summed E-state index contributed by atoms with van der Waals surface area (Å²) in [5.74, 6) is -0.0593. The molecule has 238 valence electrons. The molecular weight excluding hydrogens is 613 g/mol. The predicted molar refractivity (Wildman–Crippen MR) is 168 cm³/mol. The number of carboxylic acid groups (broad SMARTS) is 1. The van der Waals surface area contributed by atoms with Gasteiger partial charge in [0, 0.05) is 23.9 Å². The lowest BCUT2D eigenvalue weighted by Crippen LogP contribution is -2.34. The number of aryl methyl sites for hydroxylation is 1. The number of hydrogen-bond acceptors (Lipinski definition) is 7. The summed E-state index contributed by atoms with van der Waals surface area (Å²) in [6.07, 6.45) is 3.93. The summed E-state index contributed by atoms with van der Waals surface area (Å²) < 4.78 is 30.5. The first-order chi connectivity index (χ1) is 22.1. The highest BCUT2D eigenvalue weighted by atomic mass is 35.5. The van der Waals surface area contributed by atoms with Gasteiger partial charge in [0.05, 0.1) is 47.1 Å². The molecule has 0 spiro atoms.